The summed E-state index contributed by atoms with van der Waals surface area (Å²) in [6, 6.07) is 2.63. The summed E-state index contributed by atoms with van der Waals surface area (Å²) in [5.41, 5.74) is 0.155. The number of rotatable bonds is 6. The number of carbonyl (C=O) groups is 2. The summed E-state index contributed by atoms with van der Waals surface area (Å²) in [6.07, 6.45) is 7.33. The zero-order valence-electron chi connectivity index (χ0n) is 13.9. The number of fused-ring (bicyclic) bond motifs is 1. The predicted molar refractivity (Wildman–Crippen MR) is 89.4 cm³/mol. The van der Waals surface area contributed by atoms with Gasteiger partial charge in [0, 0.05) is 32.1 Å². The van der Waals surface area contributed by atoms with Gasteiger partial charge in [-0.2, -0.15) is 0 Å². The van der Waals surface area contributed by atoms with Crippen molar-refractivity contribution in [2.24, 2.45) is 0 Å². The molecule has 0 fully saturated rings. The molecule has 132 valence electrons. The largest absolute Gasteiger partial charge is 0.478 e. The Bertz CT molecular complexity index is 771. The number of pyridine rings is 1. The number of nitrogens with one attached hydrogen (secondary N) is 1. The van der Waals surface area contributed by atoms with Gasteiger partial charge in [-0.3, -0.25) is 9.78 Å². The molecule has 2 aromatic rings. The Balaban J connectivity index is 1.50. The normalized spacial score (nSPS) is 13.8. The lowest BCUT2D eigenvalue weighted by molar-refractivity contribution is 0.0696. The summed E-state index contributed by atoms with van der Waals surface area (Å²) < 4.78 is 2.20. The van der Waals surface area contributed by atoms with Crippen LogP contribution in [0.15, 0.2) is 18.3 Å². The molecule has 8 nitrogen and oxygen atoms in total. The van der Waals surface area contributed by atoms with Crippen LogP contribution >= 0.6 is 0 Å². The number of aromatic nitrogens is 4. The summed E-state index contributed by atoms with van der Waals surface area (Å²) in [4.78, 5) is 26.9. The molecule has 2 N–H and O–H groups in total. The van der Waals surface area contributed by atoms with E-state index < -0.39 is 5.97 Å². The first-order valence-corrected chi connectivity index (χ1v) is 8.53. The van der Waals surface area contributed by atoms with Crippen molar-refractivity contribution in [3.8, 4) is 0 Å². The molecule has 25 heavy (non-hydrogen) atoms. The highest BCUT2D eigenvalue weighted by atomic mass is 16.4. The first-order chi connectivity index (χ1) is 12.1. The van der Waals surface area contributed by atoms with Crippen LogP contribution in [0.25, 0.3) is 0 Å². The first-order valence-electron chi connectivity index (χ1n) is 8.53. The predicted octanol–water partition coefficient (Wildman–Crippen LogP) is 1.46. The van der Waals surface area contributed by atoms with Crippen molar-refractivity contribution < 1.29 is 14.7 Å². The van der Waals surface area contributed by atoms with Crippen LogP contribution in [0.2, 0.25) is 0 Å². The van der Waals surface area contributed by atoms with E-state index in [2.05, 4.69) is 25.1 Å². The van der Waals surface area contributed by atoms with Crippen molar-refractivity contribution in [2.45, 2.75) is 45.1 Å². The van der Waals surface area contributed by atoms with Crippen LogP contribution in [0.3, 0.4) is 0 Å². The number of aryl methyl sites for hydroxylation is 2. The number of carboxylic acids is 1. The van der Waals surface area contributed by atoms with Gasteiger partial charge in [-0.15, -0.1) is 10.2 Å². The van der Waals surface area contributed by atoms with E-state index in [1.54, 1.807) is 0 Å². The summed E-state index contributed by atoms with van der Waals surface area (Å²) in [5.74, 6) is 0.579. The standard InChI is InChI=1S/C17H21N5O3/c23-16(13-11-12(17(24)25)7-9-18-13)19-8-4-6-15-21-20-14-5-2-1-3-10-22(14)15/h7,9,11H,1-6,8,10H2,(H,19,23)(H,24,25). The Morgan fingerprint density at radius 2 is 2.12 bits per heavy atom. The van der Waals surface area contributed by atoms with Gasteiger partial charge < -0.3 is 15.0 Å². The molecular formula is C17H21N5O3. The quantitative estimate of drug-likeness (QED) is 0.768. The fourth-order valence-electron chi connectivity index (χ4n) is 2.96. The van der Waals surface area contributed by atoms with Crippen molar-refractivity contribution in [2.75, 3.05) is 6.54 Å². The lowest BCUT2D eigenvalue weighted by Gasteiger charge is -2.07. The van der Waals surface area contributed by atoms with E-state index in [9.17, 15) is 9.59 Å². The molecule has 0 aromatic carbocycles. The number of hydrogen-bond donors (Lipinski definition) is 2. The molecule has 1 aliphatic rings. The maximum absolute atomic E-state index is 12.1. The van der Waals surface area contributed by atoms with Gasteiger partial charge in [-0.05, 0) is 31.4 Å². The maximum Gasteiger partial charge on any atom is 0.335 e. The van der Waals surface area contributed by atoms with E-state index in [4.69, 9.17) is 5.11 Å². The smallest absolute Gasteiger partial charge is 0.335 e. The molecule has 1 aliphatic heterocycles. The Labute approximate surface area is 145 Å². The topological polar surface area (TPSA) is 110 Å². The Morgan fingerprint density at radius 3 is 2.96 bits per heavy atom. The van der Waals surface area contributed by atoms with Gasteiger partial charge in [0.25, 0.3) is 5.91 Å². The van der Waals surface area contributed by atoms with Crippen LogP contribution in [-0.4, -0.2) is 43.3 Å². The molecule has 0 bridgehead atoms. The highest BCUT2D eigenvalue weighted by molar-refractivity contribution is 5.95. The summed E-state index contributed by atoms with van der Waals surface area (Å²) in [7, 11) is 0. The minimum absolute atomic E-state index is 0.0475. The molecule has 0 atom stereocenters. The Morgan fingerprint density at radius 1 is 1.24 bits per heavy atom. The van der Waals surface area contributed by atoms with Crippen LogP contribution < -0.4 is 5.32 Å². The third-order valence-electron chi connectivity index (χ3n) is 4.29. The molecule has 2 aromatic heterocycles. The van der Waals surface area contributed by atoms with Crippen molar-refractivity contribution >= 4 is 11.9 Å². The van der Waals surface area contributed by atoms with E-state index in [1.807, 2.05) is 0 Å². The van der Waals surface area contributed by atoms with E-state index >= 15 is 0 Å². The van der Waals surface area contributed by atoms with Gasteiger partial charge >= 0.3 is 5.97 Å². The lowest BCUT2D eigenvalue weighted by Crippen LogP contribution is -2.26. The molecular weight excluding hydrogens is 322 g/mol. The summed E-state index contributed by atoms with van der Waals surface area (Å²) in [6.45, 7) is 1.44. The second-order valence-corrected chi connectivity index (χ2v) is 6.09. The second kappa shape index (κ2) is 7.87. The molecule has 0 radical (unpaired) electrons. The third kappa shape index (κ3) is 4.20. The van der Waals surface area contributed by atoms with Crippen LogP contribution in [0.5, 0.6) is 0 Å². The van der Waals surface area contributed by atoms with Crippen molar-refractivity contribution in [3.05, 3.63) is 41.2 Å². The van der Waals surface area contributed by atoms with E-state index in [1.165, 1.54) is 24.8 Å². The highest BCUT2D eigenvalue weighted by Crippen LogP contribution is 2.15. The van der Waals surface area contributed by atoms with Gasteiger partial charge in [-0.25, -0.2) is 4.79 Å². The number of carboxylic acid groups (broad SMARTS) is 1. The van der Waals surface area contributed by atoms with E-state index in [-0.39, 0.29) is 17.2 Å². The van der Waals surface area contributed by atoms with E-state index in [0.29, 0.717) is 6.54 Å². The minimum atomic E-state index is -1.08. The van der Waals surface area contributed by atoms with Gasteiger partial charge in [0.05, 0.1) is 5.56 Å². The molecule has 3 heterocycles. The average Bonchev–Trinajstić information content (AvgIpc) is 2.85. The zero-order valence-corrected chi connectivity index (χ0v) is 13.9. The molecule has 8 heteroatoms. The molecule has 0 unspecified atom stereocenters. The van der Waals surface area contributed by atoms with Gasteiger partial charge in [0.15, 0.2) is 0 Å². The summed E-state index contributed by atoms with van der Waals surface area (Å²) in [5, 5.41) is 20.3. The Hall–Kier alpha value is -2.77. The van der Waals surface area contributed by atoms with Crippen molar-refractivity contribution in [1.82, 2.24) is 25.1 Å². The second-order valence-electron chi connectivity index (χ2n) is 6.09. The molecule has 0 saturated heterocycles. The number of carbonyl (C=O) groups excluding carboxylic acids is 1. The Kier molecular flexibility index (Phi) is 5.37. The number of hydrogen-bond acceptors (Lipinski definition) is 5. The lowest BCUT2D eigenvalue weighted by atomic mass is 10.2. The van der Waals surface area contributed by atoms with Crippen LogP contribution in [0.1, 0.15) is 58.2 Å². The van der Waals surface area contributed by atoms with Crippen LogP contribution in [0, 0.1) is 0 Å². The van der Waals surface area contributed by atoms with Gasteiger partial charge in [0.2, 0.25) is 0 Å². The van der Waals surface area contributed by atoms with E-state index in [0.717, 1.165) is 50.3 Å². The van der Waals surface area contributed by atoms with Gasteiger partial charge in [-0.1, -0.05) is 6.42 Å². The number of nitrogens with zero attached hydrogens (tertiary/aromatic N) is 4. The molecule has 3 rings (SSSR count). The fraction of sp³-hybridized carbons (Fsp3) is 0.471. The fourth-order valence-corrected chi connectivity index (χ4v) is 2.96. The van der Waals surface area contributed by atoms with Crippen LogP contribution in [0.4, 0.5) is 0 Å². The third-order valence-corrected chi connectivity index (χ3v) is 4.29. The monoisotopic (exact) mass is 343 g/mol. The SMILES string of the molecule is O=C(O)c1ccnc(C(=O)NCCCc2nnc3n2CCCCC3)c1. The average molecular weight is 343 g/mol. The highest BCUT2D eigenvalue weighted by Gasteiger charge is 2.15. The molecule has 1 amide bonds. The van der Waals surface area contributed by atoms with Crippen LogP contribution in [-0.2, 0) is 19.4 Å². The van der Waals surface area contributed by atoms with Gasteiger partial charge in [0.1, 0.15) is 17.3 Å². The van der Waals surface area contributed by atoms with Crippen molar-refractivity contribution in [3.63, 3.8) is 0 Å². The first kappa shape index (κ1) is 17.1. The summed E-state index contributed by atoms with van der Waals surface area (Å²) >= 11 is 0. The molecule has 0 saturated carbocycles. The maximum atomic E-state index is 12.1. The molecule has 0 aliphatic carbocycles. The van der Waals surface area contributed by atoms with Crippen molar-refractivity contribution in [1.29, 1.82) is 0 Å². The number of aromatic carboxylic acids is 1. The minimum Gasteiger partial charge on any atom is -0.478 e. The molecule has 0 spiro atoms. The number of amides is 1. The zero-order chi connectivity index (χ0) is 17.6.